The molecule has 1 atom stereocenters. The first-order chi connectivity index (χ1) is 7.25. The van der Waals surface area contributed by atoms with Crippen LogP contribution in [0.3, 0.4) is 0 Å². The molecule has 0 bridgehead atoms. The lowest BCUT2D eigenvalue weighted by molar-refractivity contribution is 0.165. The van der Waals surface area contributed by atoms with Crippen LogP contribution < -0.4 is 5.32 Å². The van der Waals surface area contributed by atoms with Crippen LogP contribution in [0.1, 0.15) is 12.5 Å². The third-order valence-electron chi connectivity index (χ3n) is 2.79. The summed E-state index contributed by atoms with van der Waals surface area (Å²) in [5.74, 6) is -0.254. The molecule has 1 aliphatic heterocycles. The van der Waals surface area contributed by atoms with Gasteiger partial charge in [0.05, 0.1) is 6.20 Å². The summed E-state index contributed by atoms with van der Waals surface area (Å²) in [4.78, 5) is 6.20. The Labute approximate surface area is 101 Å². The average Bonchev–Trinajstić information content (AvgIpc) is 2.22. The summed E-state index contributed by atoms with van der Waals surface area (Å²) in [7, 11) is 0. The van der Waals surface area contributed by atoms with Gasteiger partial charge in [0.2, 0.25) is 0 Å². The molecule has 1 fully saturated rings. The van der Waals surface area contributed by atoms with Gasteiger partial charge in [0, 0.05) is 38.4 Å². The maximum absolute atomic E-state index is 12.9. The Hall–Kier alpha value is -0.710. The molecule has 2 rings (SSSR count). The molecular formula is C11H17ClFN3. The van der Waals surface area contributed by atoms with Crippen molar-refractivity contribution in [3.05, 3.63) is 29.8 Å². The van der Waals surface area contributed by atoms with Crippen LogP contribution in [0.2, 0.25) is 0 Å². The fourth-order valence-corrected chi connectivity index (χ4v) is 1.89. The van der Waals surface area contributed by atoms with E-state index in [9.17, 15) is 4.39 Å². The van der Waals surface area contributed by atoms with Crippen LogP contribution in [0.4, 0.5) is 4.39 Å². The number of hydrogen-bond donors (Lipinski definition) is 1. The van der Waals surface area contributed by atoms with Crippen molar-refractivity contribution in [1.82, 2.24) is 15.2 Å². The largest absolute Gasteiger partial charge is 0.314 e. The number of piperazine rings is 1. The number of rotatable bonds is 2. The van der Waals surface area contributed by atoms with Crippen LogP contribution in [-0.2, 0) is 6.54 Å². The highest BCUT2D eigenvalue weighted by molar-refractivity contribution is 5.85. The molecule has 1 unspecified atom stereocenters. The second-order valence-electron chi connectivity index (χ2n) is 4.04. The van der Waals surface area contributed by atoms with E-state index in [0.717, 1.165) is 31.7 Å². The van der Waals surface area contributed by atoms with E-state index >= 15 is 0 Å². The van der Waals surface area contributed by atoms with Crippen molar-refractivity contribution < 1.29 is 4.39 Å². The number of nitrogens with one attached hydrogen (secondary N) is 1. The molecule has 0 spiro atoms. The summed E-state index contributed by atoms with van der Waals surface area (Å²) in [5, 5.41) is 3.33. The van der Waals surface area contributed by atoms with Gasteiger partial charge in [-0.3, -0.25) is 9.88 Å². The van der Waals surface area contributed by atoms with E-state index in [-0.39, 0.29) is 18.2 Å². The normalized spacial score (nSPS) is 21.5. The Morgan fingerprint density at radius 3 is 3.06 bits per heavy atom. The van der Waals surface area contributed by atoms with Crippen molar-refractivity contribution in [1.29, 1.82) is 0 Å². The highest BCUT2D eigenvalue weighted by atomic mass is 35.5. The topological polar surface area (TPSA) is 28.2 Å². The molecule has 0 aromatic carbocycles. The third-order valence-corrected chi connectivity index (χ3v) is 2.79. The minimum Gasteiger partial charge on any atom is -0.314 e. The monoisotopic (exact) mass is 245 g/mol. The fourth-order valence-electron chi connectivity index (χ4n) is 1.89. The maximum Gasteiger partial charge on any atom is 0.141 e. The number of pyridine rings is 1. The summed E-state index contributed by atoms with van der Waals surface area (Å²) >= 11 is 0. The lowest BCUT2D eigenvalue weighted by Crippen LogP contribution is -2.49. The van der Waals surface area contributed by atoms with Crippen molar-refractivity contribution in [2.75, 3.05) is 19.6 Å². The van der Waals surface area contributed by atoms with Crippen LogP contribution in [0.15, 0.2) is 18.5 Å². The number of halogens is 2. The van der Waals surface area contributed by atoms with Crippen LogP contribution in [0, 0.1) is 5.82 Å². The molecular weight excluding hydrogens is 229 g/mol. The van der Waals surface area contributed by atoms with E-state index in [4.69, 9.17) is 0 Å². The molecule has 1 aliphatic rings. The van der Waals surface area contributed by atoms with Crippen LogP contribution in [0.25, 0.3) is 0 Å². The third kappa shape index (κ3) is 3.40. The summed E-state index contributed by atoms with van der Waals surface area (Å²) in [6.45, 7) is 5.99. The number of aromatic nitrogens is 1. The van der Waals surface area contributed by atoms with Crippen molar-refractivity contribution in [2.24, 2.45) is 0 Å². The van der Waals surface area contributed by atoms with E-state index in [2.05, 4.69) is 22.1 Å². The number of nitrogens with zero attached hydrogens (tertiary/aromatic N) is 2. The quantitative estimate of drug-likeness (QED) is 0.855. The van der Waals surface area contributed by atoms with E-state index in [1.54, 1.807) is 12.3 Å². The second kappa shape index (κ2) is 6.13. The van der Waals surface area contributed by atoms with Gasteiger partial charge in [0.25, 0.3) is 0 Å². The molecule has 3 nitrogen and oxygen atoms in total. The molecule has 16 heavy (non-hydrogen) atoms. The predicted molar refractivity (Wildman–Crippen MR) is 64.2 cm³/mol. The van der Waals surface area contributed by atoms with Crippen molar-refractivity contribution in [2.45, 2.75) is 19.5 Å². The summed E-state index contributed by atoms with van der Waals surface area (Å²) in [5.41, 5.74) is 0.948. The zero-order valence-electron chi connectivity index (χ0n) is 9.32. The maximum atomic E-state index is 12.9. The molecule has 0 radical (unpaired) electrons. The van der Waals surface area contributed by atoms with Crippen molar-refractivity contribution in [3.63, 3.8) is 0 Å². The fraction of sp³-hybridized carbons (Fsp3) is 0.545. The van der Waals surface area contributed by atoms with E-state index in [1.807, 2.05) is 0 Å². The van der Waals surface area contributed by atoms with Gasteiger partial charge in [-0.15, -0.1) is 12.4 Å². The Kier molecular flexibility index (Phi) is 5.12. The van der Waals surface area contributed by atoms with Gasteiger partial charge in [-0.1, -0.05) is 0 Å². The standard InChI is InChI=1S/C11H16FN3.ClH/c1-9-5-13-2-3-15(9)8-10-4-11(12)7-14-6-10;/h4,6-7,9,13H,2-3,5,8H2,1H3;1H. The lowest BCUT2D eigenvalue weighted by Gasteiger charge is -2.33. The first-order valence-electron chi connectivity index (χ1n) is 5.30. The smallest absolute Gasteiger partial charge is 0.141 e. The molecule has 0 amide bonds. The molecule has 1 aromatic rings. The molecule has 90 valence electrons. The highest BCUT2D eigenvalue weighted by Gasteiger charge is 2.17. The summed E-state index contributed by atoms with van der Waals surface area (Å²) in [6.07, 6.45) is 2.97. The summed E-state index contributed by atoms with van der Waals surface area (Å²) < 4.78 is 12.9. The van der Waals surface area contributed by atoms with Gasteiger partial charge < -0.3 is 5.32 Å². The first kappa shape index (κ1) is 13.4. The zero-order valence-corrected chi connectivity index (χ0v) is 10.1. The minimum atomic E-state index is -0.254. The molecule has 1 saturated heterocycles. The first-order valence-corrected chi connectivity index (χ1v) is 5.30. The molecule has 0 aliphatic carbocycles. The van der Waals surface area contributed by atoms with Gasteiger partial charge in [-0.25, -0.2) is 4.39 Å². The molecule has 1 aromatic heterocycles. The minimum absolute atomic E-state index is 0. The Morgan fingerprint density at radius 2 is 2.38 bits per heavy atom. The van der Waals surface area contributed by atoms with Gasteiger partial charge in [0.15, 0.2) is 0 Å². The van der Waals surface area contributed by atoms with Gasteiger partial charge in [-0.2, -0.15) is 0 Å². The Bertz CT molecular complexity index is 335. The Morgan fingerprint density at radius 1 is 1.56 bits per heavy atom. The van der Waals surface area contributed by atoms with Crippen LogP contribution in [-0.4, -0.2) is 35.6 Å². The zero-order chi connectivity index (χ0) is 10.7. The van der Waals surface area contributed by atoms with Gasteiger partial charge in [0.1, 0.15) is 5.82 Å². The van der Waals surface area contributed by atoms with Crippen LogP contribution >= 0.6 is 12.4 Å². The van der Waals surface area contributed by atoms with E-state index in [0.29, 0.717) is 6.04 Å². The molecule has 1 N–H and O–H groups in total. The summed E-state index contributed by atoms with van der Waals surface area (Å²) in [6, 6.07) is 2.06. The van der Waals surface area contributed by atoms with Gasteiger partial charge in [-0.05, 0) is 18.6 Å². The highest BCUT2D eigenvalue weighted by Crippen LogP contribution is 2.09. The molecule has 5 heteroatoms. The molecule has 0 saturated carbocycles. The molecule has 2 heterocycles. The SMILES string of the molecule is CC1CNCCN1Cc1cncc(F)c1.Cl. The van der Waals surface area contributed by atoms with Crippen molar-refractivity contribution in [3.8, 4) is 0 Å². The number of hydrogen-bond acceptors (Lipinski definition) is 3. The van der Waals surface area contributed by atoms with Gasteiger partial charge >= 0.3 is 0 Å². The Balaban J connectivity index is 0.00000128. The average molecular weight is 246 g/mol. The van der Waals surface area contributed by atoms with E-state index in [1.165, 1.54) is 6.20 Å². The van der Waals surface area contributed by atoms with Crippen molar-refractivity contribution >= 4 is 12.4 Å². The van der Waals surface area contributed by atoms with Crippen LogP contribution in [0.5, 0.6) is 0 Å². The predicted octanol–water partition coefficient (Wildman–Crippen LogP) is 1.44. The van der Waals surface area contributed by atoms with E-state index < -0.39 is 0 Å². The second-order valence-corrected chi connectivity index (χ2v) is 4.04. The lowest BCUT2D eigenvalue weighted by atomic mass is 10.2.